The predicted molar refractivity (Wildman–Crippen MR) is 72.2 cm³/mol. The molecular weight excluding hydrogens is 226 g/mol. The molecule has 1 aliphatic rings. The zero-order valence-electron chi connectivity index (χ0n) is 11.5. The van der Waals surface area contributed by atoms with E-state index < -0.39 is 0 Å². The Morgan fingerprint density at radius 3 is 2.94 bits per heavy atom. The minimum Gasteiger partial charge on any atom is -0.472 e. The number of nitrogens with zero attached hydrogens (tertiary/aromatic N) is 1. The third-order valence-electron chi connectivity index (χ3n) is 4.21. The smallest absolute Gasteiger partial charge is 0.0947 e. The van der Waals surface area contributed by atoms with E-state index in [9.17, 15) is 5.11 Å². The lowest BCUT2D eigenvalue weighted by Gasteiger charge is -2.35. The number of hydrogen-bond acceptors (Lipinski definition) is 3. The Labute approximate surface area is 110 Å². The molecule has 0 spiro atoms. The van der Waals surface area contributed by atoms with Crippen LogP contribution in [0.5, 0.6) is 0 Å². The fourth-order valence-corrected chi connectivity index (χ4v) is 3.07. The Hall–Kier alpha value is -0.800. The summed E-state index contributed by atoms with van der Waals surface area (Å²) in [6, 6.07) is 2.00. The second-order valence-electron chi connectivity index (χ2n) is 5.74. The molecule has 3 heteroatoms. The van der Waals surface area contributed by atoms with Crippen LogP contribution in [0.15, 0.2) is 23.0 Å². The largest absolute Gasteiger partial charge is 0.472 e. The molecule has 1 N–H and O–H groups in total. The van der Waals surface area contributed by atoms with E-state index in [4.69, 9.17) is 4.42 Å². The van der Waals surface area contributed by atoms with Crippen molar-refractivity contribution >= 4 is 0 Å². The summed E-state index contributed by atoms with van der Waals surface area (Å²) in [6.45, 7) is 4.13. The van der Waals surface area contributed by atoms with Crippen molar-refractivity contribution in [2.24, 2.45) is 11.8 Å². The van der Waals surface area contributed by atoms with Gasteiger partial charge in [-0.25, -0.2) is 0 Å². The fraction of sp³-hybridized carbons (Fsp3) is 0.733. The highest BCUT2D eigenvalue weighted by Gasteiger charge is 2.28. The molecule has 0 saturated heterocycles. The van der Waals surface area contributed by atoms with Crippen molar-refractivity contribution in [2.75, 3.05) is 13.6 Å². The first kappa shape index (κ1) is 13.6. The number of aliphatic hydroxyl groups is 1. The summed E-state index contributed by atoms with van der Waals surface area (Å²) in [6.07, 6.45) is 7.98. The highest BCUT2D eigenvalue weighted by molar-refractivity contribution is 5.04. The normalized spacial score (nSPS) is 28.8. The topological polar surface area (TPSA) is 36.6 Å². The second-order valence-corrected chi connectivity index (χ2v) is 5.74. The van der Waals surface area contributed by atoms with Gasteiger partial charge in [0, 0.05) is 18.7 Å². The van der Waals surface area contributed by atoms with E-state index in [2.05, 4.69) is 18.9 Å². The molecular formula is C15H25NO2. The molecule has 0 amide bonds. The molecule has 3 atom stereocenters. The summed E-state index contributed by atoms with van der Waals surface area (Å²) >= 11 is 0. The van der Waals surface area contributed by atoms with Crippen molar-refractivity contribution in [1.29, 1.82) is 0 Å². The van der Waals surface area contributed by atoms with E-state index in [0.29, 0.717) is 5.92 Å². The van der Waals surface area contributed by atoms with Gasteiger partial charge in [0.1, 0.15) is 0 Å². The van der Waals surface area contributed by atoms with E-state index in [0.717, 1.165) is 25.4 Å². The van der Waals surface area contributed by atoms with Gasteiger partial charge in [-0.3, -0.25) is 0 Å². The van der Waals surface area contributed by atoms with Crippen LogP contribution in [-0.2, 0) is 6.54 Å². The summed E-state index contributed by atoms with van der Waals surface area (Å²) in [4.78, 5) is 2.29. The first-order valence-electron chi connectivity index (χ1n) is 7.06. The van der Waals surface area contributed by atoms with Crippen molar-refractivity contribution in [3.8, 4) is 0 Å². The summed E-state index contributed by atoms with van der Waals surface area (Å²) in [5.74, 6) is 1.24. The van der Waals surface area contributed by atoms with Crippen LogP contribution >= 0.6 is 0 Å². The molecule has 1 aromatic heterocycles. The Morgan fingerprint density at radius 1 is 1.44 bits per heavy atom. The van der Waals surface area contributed by atoms with Gasteiger partial charge in [-0.15, -0.1) is 0 Å². The van der Waals surface area contributed by atoms with Crippen LogP contribution in [0.4, 0.5) is 0 Å². The molecule has 0 bridgehead atoms. The van der Waals surface area contributed by atoms with Crippen molar-refractivity contribution in [2.45, 2.75) is 45.3 Å². The summed E-state index contributed by atoms with van der Waals surface area (Å²) in [5, 5.41) is 10.1. The Balaban J connectivity index is 1.83. The van der Waals surface area contributed by atoms with Crippen molar-refractivity contribution in [3.63, 3.8) is 0 Å². The molecule has 1 saturated carbocycles. The molecule has 3 nitrogen and oxygen atoms in total. The fourth-order valence-electron chi connectivity index (χ4n) is 3.07. The van der Waals surface area contributed by atoms with E-state index >= 15 is 0 Å². The van der Waals surface area contributed by atoms with Crippen LogP contribution < -0.4 is 0 Å². The Kier molecular flexibility index (Phi) is 4.84. The van der Waals surface area contributed by atoms with Gasteiger partial charge in [0.15, 0.2) is 0 Å². The maximum absolute atomic E-state index is 10.1. The van der Waals surface area contributed by atoms with Crippen LogP contribution in [0.1, 0.15) is 38.2 Å². The lowest BCUT2D eigenvalue weighted by Crippen LogP contribution is -2.37. The minimum atomic E-state index is -0.111. The first-order valence-corrected chi connectivity index (χ1v) is 7.06. The summed E-state index contributed by atoms with van der Waals surface area (Å²) in [7, 11) is 2.12. The zero-order chi connectivity index (χ0) is 13.0. The Bertz CT molecular complexity index is 336. The summed E-state index contributed by atoms with van der Waals surface area (Å²) in [5.41, 5.74) is 1.20. The molecule has 102 valence electrons. The average molecular weight is 251 g/mol. The molecule has 0 radical (unpaired) electrons. The first-order chi connectivity index (χ1) is 8.69. The third kappa shape index (κ3) is 3.59. The minimum absolute atomic E-state index is 0.111. The van der Waals surface area contributed by atoms with Crippen molar-refractivity contribution in [1.82, 2.24) is 4.90 Å². The van der Waals surface area contributed by atoms with Gasteiger partial charge in [0.2, 0.25) is 0 Å². The maximum Gasteiger partial charge on any atom is 0.0947 e. The summed E-state index contributed by atoms with van der Waals surface area (Å²) < 4.78 is 5.08. The maximum atomic E-state index is 10.1. The van der Waals surface area contributed by atoms with Gasteiger partial charge in [0.25, 0.3) is 0 Å². The molecule has 0 aliphatic heterocycles. The number of furan rings is 1. The number of hydrogen-bond donors (Lipinski definition) is 1. The quantitative estimate of drug-likeness (QED) is 0.874. The average Bonchev–Trinajstić information content (AvgIpc) is 2.84. The van der Waals surface area contributed by atoms with Crippen LogP contribution in [0.3, 0.4) is 0 Å². The highest BCUT2D eigenvalue weighted by atomic mass is 16.3. The van der Waals surface area contributed by atoms with Crippen LogP contribution in [-0.4, -0.2) is 29.7 Å². The van der Waals surface area contributed by atoms with Crippen molar-refractivity contribution < 1.29 is 9.52 Å². The van der Waals surface area contributed by atoms with E-state index in [1.54, 1.807) is 12.5 Å². The van der Waals surface area contributed by atoms with Gasteiger partial charge in [-0.2, -0.15) is 0 Å². The predicted octanol–water partition coefficient (Wildman–Crippen LogP) is 2.90. The van der Waals surface area contributed by atoms with E-state index in [1.807, 2.05) is 6.07 Å². The van der Waals surface area contributed by atoms with Gasteiger partial charge in [-0.1, -0.05) is 13.3 Å². The van der Waals surface area contributed by atoms with Crippen LogP contribution in [0, 0.1) is 11.8 Å². The lowest BCUT2D eigenvalue weighted by molar-refractivity contribution is 0.0298. The molecule has 1 aromatic rings. The van der Waals surface area contributed by atoms with Crippen LogP contribution in [0.2, 0.25) is 0 Å². The van der Waals surface area contributed by atoms with Crippen molar-refractivity contribution in [3.05, 3.63) is 24.2 Å². The number of aliphatic hydroxyl groups excluding tert-OH is 1. The molecule has 1 aliphatic carbocycles. The molecule has 3 unspecified atom stereocenters. The van der Waals surface area contributed by atoms with E-state index in [1.165, 1.54) is 24.8 Å². The van der Waals surface area contributed by atoms with Gasteiger partial charge in [-0.05, 0) is 44.2 Å². The van der Waals surface area contributed by atoms with Gasteiger partial charge < -0.3 is 14.4 Å². The number of rotatable bonds is 5. The molecule has 2 rings (SSSR count). The lowest BCUT2D eigenvalue weighted by atomic mass is 9.78. The second kappa shape index (κ2) is 6.39. The van der Waals surface area contributed by atoms with E-state index in [-0.39, 0.29) is 6.10 Å². The SMILES string of the molecule is CCC1CCC(O)C(CN(C)Cc2ccoc2)C1. The monoisotopic (exact) mass is 251 g/mol. The highest BCUT2D eigenvalue weighted by Crippen LogP contribution is 2.31. The Morgan fingerprint density at radius 2 is 2.28 bits per heavy atom. The standard InChI is InChI=1S/C15H25NO2/c1-3-12-4-5-15(17)14(8-12)10-16(2)9-13-6-7-18-11-13/h6-7,11-12,14-15,17H,3-5,8-10H2,1-2H3. The molecule has 18 heavy (non-hydrogen) atoms. The molecule has 1 fully saturated rings. The van der Waals surface area contributed by atoms with Gasteiger partial charge in [0.05, 0.1) is 18.6 Å². The molecule has 1 heterocycles. The van der Waals surface area contributed by atoms with Crippen LogP contribution in [0.25, 0.3) is 0 Å². The zero-order valence-corrected chi connectivity index (χ0v) is 11.5. The van der Waals surface area contributed by atoms with Gasteiger partial charge >= 0.3 is 0 Å². The molecule has 0 aromatic carbocycles. The third-order valence-corrected chi connectivity index (χ3v) is 4.21.